The molecule has 1 aliphatic rings. The summed E-state index contributed by atoms with van der Waals surface area (Å²) in [5.74, 6) is 1.48. The maximum absolute atomic E-state index is 9.89. The molecular weight excluding hydrogens is 294 g/mol. The van der Waals surface area contributed by atoms with Crippen LogP contribution >= 0.6 is 0 Å². The Bertz CT molecular complexity index is 690. The molecule has 2 atom stereocenters. The van der Waals surface area contributed by atoms with Crippen LogP contribution in [0.25, 0.3) is 6.08 Å². The van der Waals surface area contributed by atoms with Crippen LogP contribution in [0.2, 0.25) is 0 Å². The average molecular weight is 321 g/mol. The lowest BCUT2D eigenvalue weighted by Crippen LogP contribution is -2.29. The van der Waals surface area contributed by atoms with E-state index in [9.17, 15) is 5.11 Å². The van der Waals surface area contributed by atoms with Crippen molar-refractivity contribution in [2.24, 2.45) is 5.92 Å². The third kappa shape index (κ3) is 4.27. The molecule has 0 saturated heterocycles. The number of nitrogens with zero attached hydrogens (tertiary/aromatic N) is 1. The Morgan fingerprint density at radius 2 is 1.88 bits per heavy atom. The molecule has 0 radical (unpaired) electrons. The van der Waals surface area contributed by atoms with Gasteiger partial charge in [-0.1, -0.05) is 54.1 Å². The smallest absolute Gasteiger partial charge is 0.115 e. The van der Waals surface area contributed by atoms with E-state index >= 15 is 0 Å². The molecule has 1 saturated carbocycles. The fourth-order valence-electron chi connectivity index (χ4n) is 3.87. The molecule has 1 fully saturated rings. The summed E-state index contributed by atoms with van der Waals surface area (Å²) in [5.41, 5.74) is 4.07. The van der Waals surface area contributed by atoms with Crippen molar-refractivity contribution in [1.82, 2.24) is 4.90 Å². The molecule has 0 heterocycles. The van der Waals surface area contributed by atoms with E-state index in [4.69, 9.17) is 0 Å². The fraction of sp³-hybridized carbons (Fsp3) is 0.364. The van der Waals surface area contributed by atoms with Gasteiger partial charge in [-0.15, -0.1) is 0 Å². The average Bonchev–Trinajstić information content (AvgIpc) is 2.57. The number of phenols is 1. The first kappa shape index (κ1) is 16.8. The maximum atomic E-state index is 9.89. The number of aromatic hydroxyl groups is 1. The van der Waals surface area contributed by atoms with Gasteiger partial charge in [0.1, 0.15) is 5.75 Å². The van der Waals surface area contributed by atoms with Crippen LogP contribution in [0.1, 0.15) is 36.3 Å². The van der Waals surface area contributed by atoms with Gasteiger partial charge in [-0.3, -0.25) is 0 Å². The summed E-state index contributed by atoms with van der Waals surface area (Å²) < 4.78 is 0. The van der Waals surface area contributed by atoms with Crippen LogP contribution in [-0.4, -0.2) is 30.6 Å². The van der Waals surface area contributed by atoms with Gasteiger partial charge < -0.3 is 10.0 Å². The highest BCUT2D eigenvalue weighted by Crippen LogP contribution is 2.41. The Morgan fingerprint density at radius 1 is 1.08 bits per heavy atom. The highest BCUT2D eigenvalue weighted by molar-refractivity contribution is 5.53. The Labute approximate surface area is 145 Å². The van der Waals surface area contributed by atoms with Crippen molar-refractivity contribution in [3.63, 3.8) is 0 Å². The second-order valence-electron chi connectivity index (χ2n) is 7.18. The Balaban J connectivity index is 1.86. The van der Waals surface area contributed by atoms with Crippen molar-refractivity contribution in [2.45, 2.75) is 25.2 Å². The molecule has 1 N–H and O–H groups in total. The van der Waals surface area contributed by atoms with Crippen molar-refractivity contribution in [3.05, 3.63) is 71.3 Å². The van der Waals surface area contributed by atoms with Gasteiger partial charge in [0.2, 0.25) is 0 Å². The van der Waals surface area contributed by atoms with Crippen molar-refractivity contribution < 1.29 is 5.11 Å². The van der Waals surface area contributed by atoms with E-state index in [0.29, 0.717) is 17.6 Å². The Kier molecular flexibility index (Phi) is 5.37. The summed E-state index contributed by atoms with van der Waals surface area (Å²) in [5, 5.41) is 9.89. The second-order valence-corrected chi connectivity index (χ2v) is 7.18. The third-order valence-electron chi connectivity index (χ3n) is 4.96. The van der Waals surface area contributed by atoms with E-state index < -0.39 is 0 Å². The highest BCUT2D eigenvalue weighted by Gasteiger charge is 2.29. The SMILES string of the molecule is CN(C)C[C@H]1CC/C(=C/c2ccccc2)CC1c1cccc(O)c1. The number of hydrogen-bond acceptors (Lipinski definition) is 2. The van der Waals surface area contributed by atoms with Crippen molar-refractivity contribution in [1.29, 1.82) is 0 Å². The predicted molar refractivity (Wildman–Crippen MR) is 101 cm³/mol. The largest absolute Gasteiger partial charge is 0.508 e. The van der Waals surface area contributed by atoms with Crippen molar-refractivity contribution in [3.8, 4) is 5.75 Å². The molecule has 2 nitrogen and oxygen atoms in total. The van der Waals surface area contributed by atoms with Gasteiger partial charge in [0.05, 0.1) is 0 Å². The van der Waals surface area contributed by atoms with E-state index in [-0.39, 0.29) is 0 Å². The lowest BCUT2D eigenvalue weighted by atomic mass is 9.73. The summed E-state index contributed by atoms with van der Waals surface area (Å²) >= 11 is 0. The minimum Gasteiger partial charge on any atom is -0.508 e. The molecule has 1 aliphatic carbocycles. The lowest BCUT2D eigenvalue weighted by Gasteiger charge is -2.35. The monoisotopic (exact) mass is 321 g/mol. The van der Waals surface area contributed by atoms with E-state index in [1.165, 1.54) is 29.5 Å². The normalized spacial score (nSPS) is 22.9. The topological polar surface area (TPSA) is 23.5 Å². The minimum atomic E-state index is 0.371. The van der Waals surface area contributed by atoms with Crippen LogP contribution in [0.5, 0.6) is 5.75 Å². The maximum Gasteiger partial charge on any atom is 0.115 e. The van der Waals surface area contributed by atoms with E-state index in [1.54, 1.807) is 6.07 Å². The molecule has 0 amide bonds. The summed E-state index contributed by atoms with van der Waals surface area (Å²) in [6.07, 6.45) is 5.80. The molecule has 0 bridgehead atoms. The predicted octanol–water partition coefficient (Wildman–Crippen LogP) is 4.92. The highest BCUT2D eigenvalue weighted by atomic mass is 16.3. The number of benzene rings is 2. The first-order valence-electron chi connectivity index (χ1n) is 8.80. The van der Waals surface area contributed by atoms with E-state index in [0.717, 1.165) is 13.0 Å². The Morgan fingerprint density at radius 3 is 2.58 bits per heavy atom. The summed E-state index contributed by atoms with van der Waals surface area (Å²) in [6.45, 7) is 1.10. The third-order valence-corrected chi connectivity index (χ3v) is 4.96. The van der Waals surface area contributed by atoms with Gasteiger partial charge in [0.25, 0.3) is 0 Å². The standard InChI is InChI=1S/C22H27NO/c1-23(2)16-20-12-11-18(13-17-7-4-3-5-8-17)14-22(20)19-9-6-10-21(24)15-19/h3-10,13,15,20,22,24H,11-12,14,16H2,1-2H3/b18-13-/t20-,22?/m1/s1. The molecule has 2 aromatic carbocycles. The number of allylic oxidation sites excluding steroid dienone is 1. The molecule has 3 rings (SSSR count). The van der Waals surface area contributed by atoms with Crippen LogP contribution in [0.3, 0.4) is 0 Å². The summed E-state index contributed by atoms with van der Waals surface area (Å²) in [6, 6.07) is 18.4. The molecule has 0 aromatic heterocycles. The van der Waals surface area contributed by atoms with Crippen LogP contribution < -0.4 is 0 Å². The summed E-state index contributed by atoms with van der Waals surface area (Å²) in [7, 11) is 4.30. The van der Waals surface area contributed by atoms with Gasteiger partial charge in [0.15, 0.2) is 0 Å². The molecule has 1 unspecified atom stereocenters. The second kappa shape index (κ2) is 7.67. The Hall–Kier alpha value is -2.06. The molecule has 0 spiro atoms. The number of rotatable bonds is 4. The molecule has 126 valence electrons. The van der Waals surface area contributed by atoms with Gasteiger partial charge in [-0.2, -0.15) is 0 Å². The van der Waals surface area contributed by atoms with E-state index in [1.807, 2.05) is 12.1 Å². The zero-order valence-corrected chi connectivity index (χ0v) is 14.7. The van der Waals surface area contributed by atoms with Gasteiger partial charge in [-0.25, -0.2) is 0 Å². The number of phenolic OH excluding ortho intramolecular Hbond substituents is 1. The van der Waals surface area contributed by atoms with Crippen molar-refractivity contribution >= 4 is 6.08 Å². The van der Waals surface area contributed by atoms with Gasteiger partial charge in [-0.05, 0) is 68.5 Å². The van der Waals surface area contributed by atoms with Crippen LogP contribution in [0, 0.1) is 5.92 Å². The lowest BCUT2D eigenvalue weighted by molar-refractivity contribution is 0.256. The molecular formula is C22H27NO. The fourth-order valence-corrected chi connectivity index (χ4v) is 3.87. The van der Waals surface area contributed by atoms with Gasteiger partial charge in [0, 0.05) is 6.54 Å². The minimum absolute atomic E-state index is 0.371. The molecule has 2 heteroatoms. The first-order valence-corrected chi connectivity index (χ1v) is 8.80. The quantitative estimate of drug-likeness (QED) is 0.864. The zero-order valence-electron chi connectivity index (χ0n) is 14.7. The first-order chi connectivity index (χ1) is 11.6. The number of hydrogen-bond donors (Lipinski definition) is 1. The van der Waals surface area contributed by atoms with Gasteiger partial charge >= 0.3 is 0 Å². The summed E-state index contributed by atoms with van der Waals surface area (Å²) in [4.78, 5) is 2.28. The molecule has 0 aliphatic heterocycles. The zero-order chi connectivity index (χ0) is 16.9. The van der Waals surface area contributed by atoms with Crippen LogP contribution in [0.15, 0.2) is 60.2 Å². The molecule has 2 aromatic rings. The van der Waals surface area contributed by atoms with Crippen LogP contribution in [0.4, 0.5) is 0 Å². The van der Waals surface area contributed by atoms with Crippen molar-refractivity contribution in [2.75, 3.05) is 20.6 Å². The van der Waals surface area contributed by atoms with Crippen LogP contribution in [-0.2, 0) is 0 Å². The molecule has 24 heavy (non-hydrogen) atoms. The van der Waals surface area contributed by atoms with E-state index in [2.05, 4.69) is 61.5 Å².